The summed E-state index contributed by atoms with van der Waals surface area (Å²) in [6.07, 6.45) is 0. The first-order chi connectivity index (χ1) is 5.33. The van der Waals surface area contributed by atoms with Gasteiger partial charge in [-0.05, 0) is 14.0 Å². The van der Waals surface area contributed by atoms with E-state index < -0.39 is 0 Å². The first-order valence-corrected chi connectivity index (χ1v) is 3.90. The summed E-state index contributed by atoms with van der Waals surface area (Å²) in [5.74, 6) is 0. The standard InChI is InChI=1S/C7H15N3O/c1-3-11-9-7-4-8-6-10(2)5-7/h8H,3-6H2,1-2H3/b9-7+. The van der Waals surface area contributed by atoms with Crippen molar-refractivity contribution in [3.63, 3.8) is 0 Å². The number of rotatable bonds is 2. The Morgan fingerprint density at radius 2 is 2.55 bits per heavy atom. The van der Waals surface area contributed by atoms with E-state index in [1.54, 1.807) is 0 Å². The third-order valence-corrected chi connectivity index (χ3v) is 1.49. The van der Waals surface area contributed by atoms with Gasteiger partial charge in [-0.15, -0.1) is 0 Å². The van der Waals surface area contributed by atoms with Gasteiger partial charge in [0, 0.05) is 19.8 Å². The van der Waals surface area contributed by atoms with Crippen LogP contribution >= 0.6 is 0 Å². The summed E-state index contributed by atoms with van der Waals surface area (Å²) in [5.41, 5.74) is 1.07. The van der Waals surface area contributed by atoms with Crippen LogP contribution in [0.25, 0.3) is 0 Å². The number of hydrogen-bond acceptors (Lipinski definition) is 4. The zero-order chi connectivity index (χ0) is 8.10. The molecule has 4 nitrogen and oxygen atoms in total. The molecule has 0 saturated carbocycles. The molecule has 4 heteroatoms. The molecule has 0 aromatic carbocycles. The Balaban J connectivity index is 2.32. The molecule has 0 atom stereocenters. The van der Waals surface area contributed by atoms with Crippen molar-refractivity contribution >= 4 is 5.71 Å². The quantitative estimate of drug-likeness (QED) is 0.567. The summed E-state index contributed by atoms with van der Waals surface area (Å²) in [6, 6.07) is 0. The van der Waals surface area contributed by atoms with Crippen molar-refractivity contribution in [1.82, 2.24) is 10.2 Å². The second-order valence-corrected chi connectivity index (χ2v) is 2.67. The van der Waals surface area contributed by atoms with Gasteiger partial charge in [-0.2, -0.15) is 0 Å². The lowest BCUT2D eigenvalue weighted by atomic mass is 10.3. The van der Waals surface area contributed by atoms with Crippen molar-refractivity contribution in [3.8, 4) is 0 Å². The Morgan fingerprint density at radius 1 is 1.73 bits per heavy atom. The Kier molecular flexibility index (Phi) is 3.32. The average molecular weight is 157 g/mol. The smallest absolute Gasteiger partial charge is 0.114 e. The van der Waals surface area contributed by atoms with Crippen molar-refractivity contribution in [2.24, 2.45) is 5.16 Å². The van der Waals surface area contributed by atoms with E-state index in [1.807, 2.05) is 14.0 Å². The average Bonchev–Trinajstić information content (AvgIpc) is 2.01. The van der Waals surface area contributed by atoms with Crippen LogP contribution in [0.3, 0.4) is 0 Å². The molecule has 11 heavy (non-hydrogen) atoms. The van der Waals surface area contributed by atoms with Gasteiger partial charge >= 0.3 is 0 Å². The maximum absolute atomic E-state index is 4.94. The molecule has 0 radical (unpaired) electrons. The third kappa shape index (κ3) is 2.86. The second kappa shape index (κ2) is 4.31. The molecule has 0 bridgehead atoms. The molecule has 1 saturated heterocycles. The number of nitrogens with zero attached hydrogens (tertiary/aromatic N) is 2. The Labute approximate surface area is 67.2 Å². The minimum Gasteiger partial charge on any atom is -0.396 e. The van der Waals surface area contributed by atoms with Crippen molar-refractivity contribution in [2.45, 2.75) is 6.92 Å². The number of oxime groups is 1. The summed E-state index contributed by atoms with van der Waals surface area (Å²) < 4.78 is 0. The fourth-order valence-corrected chi connectivity index (χ4v) is 1.03. The van der Waals surface area contributed by atoms with Crippen LogP contribution in [-0.2, 0) is 4.84 Å². The Bertz CT molecular complexity index is 147. The predicted octanol–water partition coefficient (Wildman–Crippen LogP) is -0.129. The van der Waals surface area contributed by atoms with Gasteiger partial charge in [0.25, 0.3) is 0 Å². The van der Waals surface area contributed by atoms with E-state index in [1.165, 1.54) is 0 Å². The number of hydrogen-bond donors (Lipinski definition) is 1. The Morgan fingerprint density at radius 3 is 3.18 bits per heavy atom. The largest absolute Gasteiger partial charge is 0.396 e. The van der Waals surface area contributed by atoms with Gasteiger partial charge in [0.2, 0.25) is 0 Å². The molecule has 0 aromatic heterocycles. The first-order valence-electron chi connectivity index (χ1n) is 3.90. The van der Waals surface area contributed by atoms with Crippen LogP contribution in [0, 0.1) is 0 Å². The highest BCUT2D eigenvalue weighted by Crippen LogP contribution is 1.91. The van der Waals surface area contributed by atoms with E-state index in [2.05, 4.69) is 15.4 Å². The van der Waals surface area contributed by atoms with Crippen molar-refractivity contribution < 1.29 is 4.84 Å². The molecule has 1 aliphatic rings. The lowest BCUT2D eigenvalue weighted by Crippen LogP contribution is -2.45. The van der Waals surface area contributed by atoms with E-state index in [-0.39, 0.29) is 0 Å². The third-order valence-electron chi connectivity index (χ3n) is 1.49. The van der Waals surface area contributed by atoms with Crippen molar-refractivity contribution in [2.75, 3.05) is 33.4 Å². The van der Waals surface area contributed by atoms with E-state index in [0.717, 1.165) is 25.5 Å². The van der Waals surface area contributed by atoms with Crippen molar-refractivity contribution in [1.29, 1.82) is 0 Å². The van der Waals surface area contributed by atoms with Gasteiger partial charge in [0.15, 0.2) is 0 Å². The molecule has 0 aliphatic carbocycles. The highest BCUT2D eigenvalue weighted by Gasteiger charge is 2.10. The molecular formula is C7H15N3O. The van der Waals surface area contributed by atoms with Gasteiger partial charge in [0.1, 0.15) is 6.61 Å². The van der Waals surface area contributed by atoms with Gasteiger partial charge < -0.3 is 4.84 Å². The molecule has 0 aromatic rings. The van der Waals surface area contributed by atoms with E-state index in [0.29, 0.717) is 6.61 Å². The van der Waals surface area contributed by atoms with Gasteiger partial charge in [-0.1, -0.05) is 5.16 Å². The fraction of sp³-hybridized carbons (Fsp3) is 0.857. The molecule has 1 rings (SSSR count). The molecule has 1 fully saturated rings. The molecule has 0 unspecified atom stereocenters. The van der Waals surface area contributed by atoms with E-state index in [4.69, 9.17) is 4.84 Å². The summed E-state index contributed by atoms with van der Waals surface area (Å²) in [5, 5.41) is 7.17. The van der Waals surface area contributed by atoms with Gasteiger partial charge in [0.05, 0.1) is 5.71 Å². The minimum absolute atomic E-state index is 0.646. The zero-order valence-corrected chi connectivity index (χ0v) is 7.13. The first kappa shape index (κ1) is 8.49. The molecule has 0 spiro atoms. The lowest BCUT2D eigenvalue weighted by molar-refractivity contribution is 0.155. The van der Waals surface area contributed by atoms with Crippen LogP contribution in [0.5, 0.6) is 0 Å². The normalized spacial score (nSPS) is 24.0. The van der Waals surface area contributed by atoms with E-state index in [9.17, 15) is 0 Å². The van der Waals surface area contributed by atoms with E-state index >= 15 is 0 Å². The van der Waals surface area contributed by atoms with Crippen LogP contribution in [0.15, 0.2) is 5.16 Å². The molecule has 64 valence electrons. The van der Waals surface area contributed by atoms with Crippen LogP contribution < -0.4 is 5.32 Å². The topological polar surface area (TPSA) is 36.9 Å². The second-order valence-electron chi connectivity index (χ2n) is 2.67. The van der Waals surface area contributed by atoms with Crippen molar-refractivity contribution in [3.05, 3.63) is 0 Å². The summed E-state index contributed by atoms with van der Waals surface area (Å²) in [7, 11) is 2.05. The maximum atomic E-state index is 4.94. The monoisotopic (exact) mass is 157 g/mol. The summed E-state index contributed by atoms with van der Waals surface area (Å²) in [6.45, 7) is 5.28. The van der Waals surface area contributed by atoms with Crippen LogP contribution in [0.4, 0.5) is 0 Å². The fourth-order valence-electron chi connectivity index (χ4n) is 1.03. The number of nitrogens with one attached hydrogen (secondary N) is 1. The highest BCUT2D eigenvalue weighted by atomic mass is 16.6. The van der Waals surface area contributed by atoms with Crippen LogP contribution in [0.2, 0.25) is 0 Å². The maximum Gasteiger partial charge on any atom is 0.114 e. The van der Waals surface area contributed by atoms with Gasteiger partial charge in [-0.25, -0.2) is 0 Å². The predicted molar refractivity (Wildman–Crippen MR) is 44.6 cm³/mol. The molecule has 1 N–H and O–H groups in total. The SMILES string of the molecule is CCO/N=C1\CNCN(C)C1. The minimum atomic E-state index is 0.646. The van der Waals surface area contributed by atoms with Crippen LogP contribution in [0.1, 0.15) is 6.92 Å². The summed E-state index contributed by atoms with van der Waals surface area (Å²) >= 11 is 0. The molecule has 1 heterocycles. The zero-order valence-electron chi connectivity index (χ0n) is 7.13. The highest BCUT2D eigenvalue weighted by molar-refractivity contribution is 5.88. The van der Waals surface area contributed by atoms with Crippen LogP contribution in [-0.4, -0.2) is 44.0 Å². The molecule has 0 amide bonds. The van der Waals surface area contributed by atoms with Gasteiger partial charge in [-0.3, -0.25) is 10.2 Å². The lowest BCUT2D eigenvalue weighted by Gasteiger charge is -2.23. The Hall–Kier alpha value is -0.610. The summed E-state index contributed by atoms with van der Waals surface area (Å²) in [4.78, 5) is 7.10. The molecular weight excluding hydrogens is 142 g/mol. The molecule has 1 aliphatic heterocycles.